The molecule has 12 heavy (non-hydrogen) atoms. The second-order valence-electron chi connectivity index (χ2n) is 3.22. The first-order chi connectivity index (χ1) is 5.68. The molecular weight excluding hydrogens is 148 g/mol. The second-order valence-corrected chi connectivity index (χ2v) is 3.22. The predicted octanol–water partition coefficient (Wildman–Crippen LogP) is 2.26. The van der Waals surface area contributed by atoms with Crippen molar-refractivity contribution in [3.8, 4) is 0 Å². The summed E-state index contributed by atoms with van der Waals surface area (Å²) in [6.45, 7) is 6.22. The van der Waals surface area contributed by atoms with Gasteiger partial charge in [0.1, 0.15) is 5.65 Å². The third-order valence-electron chi connectivity index (χ3n) is 2.24. The van der Waals surface area contributed by atoms with Gasteiger partial charge in [0.05, 0.1) is 5.69 Å². The average Bonchev–Trinajstić information content (AvgIpc) is 2.31. The highest BCUT2D eigenvalue weighted by Crippen LogP contribution is 2.11. The van der Waals surface area contributed by atoms with Crippen LogP contribution in [0.4, 0.5) is 0 Å². The lowest BCUT2D eigenvalue weighted by molar-refractivity contribution is 1.08. The van der Waals surface area contributed by atoms with E-state index in [0.717, 1.165) is 11.3 Å². The molecule has 0 saturated heterocycles. The Morgan fingerprint density at radius 1 is 1.17 bits per heavy atom. The molecule has 0 aliphatic heterocycles. The molecule has 2 heteroatoms. The minimum absolute atomic E-state index is 1.04. The molecule has 0 aromatic carbocycles. The van der Waals surface area contributed by atoms with E-state index in [4.69, 9.17) is 0 Å². The standard InChI is InChI=1S/C10H12N2/c1-7-4-5-10-11-8(2)9(3)12(10)6-7/h4-6H,1-3H3. The van der Waals surface area contributed by atoms with Crippen LogP contribution in [0.5, 0.6) is 0 Å². The van der Waals surface area contributed by atoms with Crippen LogP contribution in [0.1, 0.15) is 17.0 Å². The van der Waals surface area contributed by atoms with E-state index in [2.05, 4.69) is 41.6 Å². The SMILES string of the molecule is Cc1ccc2nc(C)c(C)n2c1. The third-order valence-corrected chi connectivity index (χ3v) is 2.24. The van der Waals surface area contributed by atoms with Gasteiger partial charge in [-0.2, -0.15) is 0 Å². The van der Waals surface area contributed by atoms with Crippen molar-refractivity contribution in [3.63, 3.8) is 0 Å². The Hall–Kier alpha value is -1.31. The summed E-state index contributed by atoms with van der Waals surface area (Å²) in [5.74, 6) is 0. The van der Waals surface area contributed by atoms with Crippen LogP contribution >= 0.6 is 0 Å². The van der Waals surface area contributed by atoms with Gasteiger partial charge < -0.3 is 4.40 Å². The number of imidazole rings is 1. The molecule has 2 heterocycles. The molecule has 0 amide bonds. The van der Waals surface area contributed by atoms with Crippen molar-refractivity contribution in [2.45, 2.75) is 20.8 Å². The minimum atomic E-state index is 1.04. The molecule has 2 rings (SSSR count). The first-order valence-electron chi connectivity index (χ1n) is 4.10. The van der Waals surface area contributed by atoms with Crippen molar-refractivity contribution in [2.24, 2.45) is 0 Å². The maximum Gasteiger partial charge on any atom is 0.137 e. The van der Waals surface area contributed by atoms with Crippen molar-refractivity contribution in [2.75, 3.05) is 0 Å². The van der Waals surface area contributed by atoms with Crippen LogP contribution in [0.3, 0.4) is 0 Å². The van der Waals surface area contributed by atoms with Crippen LogP contribution in [0.15, 0.2) is 18.3 Å². The van der Waals surface area contributed by atoms with E-state index in [1.807, 2.05) is 6.92 Å². The molecular formula is C10H12N2. The van der Waals surface area contributed by atoms with Gasteiger partial charge in [-0.05, 0) is 32.4 Å². The molecule has 0 N–H and O–H groups in total. The molecule has 0 spiro atoms. The second kappa shape index (κ2) is 2.34. The zero-order valence-corrected chi connectivity index (χ0v) is 7.63. The molecule has 2 aromatic heterocycles. The first-order valence-corrected chi connectivity index (χ1v) is 4.10. The molecule has 0 fully saturated rings. The lowest BCUT2D eigenvalue weighted by atomic mass is 10.3. The van der Waals surface area contributed by atoms with Crippen molar-refractivity contribution in [3.05, 3.63) is 35.3 Å². The Bertz CT molecular complexity index is 427. The molecule has 0 radical (unpaired) electrons. The Kier molecular flexibility index (Phi) is 1.43. The van der Waals surface area contributed by atoms with Crippen LogP contribution in [0, 0.1) is 20.8 Å². The summed E-state index contributed by atoms with van der Waals surface area (Å²) in [5.41, 5.74) is 4.65. The Labute approximate surface area is 71.9 Å². The number of aromatic nitrogens is 2. The molecule has 62 valence electrons. The normalized spacial score (nSPS) is 10.9. The van der Waals surface area contributed by atoms with Crippen LogP contribution < -0.4 is 0 Å². The predicted molar refractivity (Wildman–Crippen MR) is 49.4 cm³/mol. The van der Waals surface area contributed by atoms with Gasteiger partial charge in [-0.1, -0.05) is 6.07 Å². The number of fused-ring (bicyclic) bond motifs is 1. The fourth-order valence-electron chi connectivity index (χ4n) is 1.39. The molecule has 0 aliphatic carbocycles. The molecule has 0 unspecified atom stereocenters. The van der Waals surface area contributed by atoms with E-state index in [0.29, 0.717) is 0 Å². The van der Waals surface area contributed by atoms with Crippen LogP contribution in [0.2, 0.25) is 0 Å². The summed E-state index contributed by atoms with van der Waals surface area (Å²) in [7, 11) is 0. The van der Waals surface area contributed by atoms with Crippen LogP contribution in [-0.2, 0) is 0 Å². The number of pyridine rings is 1. The molecule has 0 atom stereocenters. The fourth-order valence-corrected chi connectivity index (χ4v) is 1.39. The van der Waals surface area contributed by atoms with Gasteiger partial charge >= 0.3 is 0 Å². The van der Waals surface area contributed by atoms with Gasteiger partial charge in [0.15, 0.2) is 0 Å². The largest absolute Gasteiger partial charge is 0.304 e. The van der Waals surface area contributed by atoms with E-state index >= 15 is 0 Å². The highest BCUT2D eigenvalue weighted by molar-refractivity contribution is 5.43. The van der Waals surface area contributed by atoms with Crippen LogP contribution in [0.25, 0.3) is 5.65 Å². The average molecular weight is 160 g/mol. The maximum atomic E-state index is 4.42. The monoisotopic (exact) mass is 160 g/mol. The summed E-state index contributed by atoms with van der Waals surface area (Å²) in [6.07, 6.45) is 2.12. The topological polar surface area (TPSA) is 17.3 Å². The summed E-state index contributed by atoms with van der Waals surface area (Å²) in [5, 5.41) is 0. The lowest BCUT2D eigenvalue weighted by Crippen LogP contribution is -1.87. The van der Waals surface area contributed by atoms with E-state index in [1.54, 1.807) is 0 Å². The molecule has 0 bridgehead atoms. The number of hydrogen-bond acceptors (Lipinski definition) is 1. The van der Waals surface area contributed by atoms with Gasteiger partial charge in [-0.3, -0.25) is 0 Å². The summed E-state index contributed by atoms with van der Waals surface area (Å²) in [6, 6.07) is 4.14. The van der Waals surface area contributed by atoms with Crippen LogP contribution in [-0.4, -0.2) is 9.38 Å². The number of nitrogens with zero attached hydrogens (tertiary/aromatic N) is 2. The van der Waals surface area contributed by atoms with Gasteiger partial charge in [0.25, 0.3) is 0 Å². The number of rotatable bonds is 0. The first kappa shape index (κ1) is 7.35. The number of aryl methyl sites for hydroxylation is 3. The summed E-state index contributed by atoms with van der Waals surface area (Å²) < 4.78 is 2.13. The molecule has 0 aliphatic rings. The number of hydrogen-bond donors (Lipinski definition) is 0. The highest BCUT2D eigenvalue weighted by atomic mass is 15.0. The van der Waals surface area contributed by atoms with Gasteiger partial charge in [-0.25, -0.2) is 4.98 Å². The van der Waals surface area contributed by atoms with E-state index in [9.17, 15) is 0 Å². The van der Waals surface area contributed by atoms with Crippen molar-refractivity contribution >= 4 is 5.65 Å². The van der Waals surface area contributed by atoms with Gasteiger partial charge in [0, 0.05) is 11.9 Å². The Morgan fingerprint density at radius 3 is 2.67 bits per heavy atom. The van der Waals surface area contributed by atoms with E-state index in [1.165, 1.54) is 11.3 Å². The smallest absolute Gasteiger partial charge is 0.137 e. The van der Waals surface area contributed by atoms with Gasteiger partial charge in [-0.15, -0.1) is 0 Å². The van der Waals surface area contributed by atoms with Crippen molar-refractivity contribution < 1.29 is 0 Å². The Morgan fingerprint density at radius 2 is 1.92 bits per heavy atom. The summed E-state index contributed by atoms with van der Waals surface area (Å²) >= 11 is 0. The lowest BCUT2D eigenvalue weighted by Gasteiger charge is -1.97. The van der Waals surface area contributed by atoms with Crippen molar-refractivity contribution in [1.82, 2.24) is 9.38 Å². The van der Waals surface area contributed by atoms with E-state index in [-0.39, 0.29) is 0 Å². The molecule has 2 aromatic rings. The summed E-state index contributed by atoms with van der Waals surface area (Å²) in [4.78, 5) is 4.42. The highest BCUT2D eigenvalue weighted by Gasteiger charge is 2.02. The van der Waals surface area contributed by atoms with Crippen molar-refractivity contribution in [1.29, 1.82) is 0 Å². The zero-order chi connectivity index (χ0) is 8.72. The maximum absolute atomic E-state index is 4.42. The molecule has 2 nitrogen and oxygen atoms in total. The fraction of sp³-hybridized carbons (Fsp3) is 0.300. The quantitative estimate of drug-likeness (QED) is 0.577. The Balaban J connectivity index is 2.88. The third kappa shape index (κ3) is 0.916. The zero-order valence-electron chi connectivity index (χ0n) is 7.63. The molecule has 0 saturated carbocycles. The van der Waals surface area contributed by atoms with Gasteiger partial charge in [0.2, 0.25) is 0 Å². The minimum Gasteiger partial charge on any atom is -0.304 e. The van der Waals surface area contributed by atoms with E-state index < -0.39 is 0 Å².